The maximum atomic E-state index is 11.3. The Morgan fingerprint density at radius 3 is 2.60 bits per heavy atom. The first-order valence-corrected chi connectivity index (χ1v) is 2.42. The molecular weight excluding hydrogens is 151 g/mol. The number of hydrogen-bond acceptors (Lipinski definition) is 3. The molecule has 10 heavy (non-hydrogen) atoms. The number of halogens is 3. The Kier molecular flexibility index (Phi) is 1.82. The van der Waals surface area contributed by atoms with Crippen molar-refractivity contribution in [3.05, 3.63) is 12.3 Å². The average molecular weight is 155 g/mol. The normalized spacial score (nSPS) is 18.5. The summed E-state index contributed by atoms with van der Waals surface area (Å²) >= 11 is 0. The third-order valence-electron chi connectivity index (χ3n) is 0.719. The first kappa shape index (κ1) is 7.36. The minimum atomic E-state index is -4.69. The second-order valence-corrected chi connectivity index (χ2v) is 1.50. The lowest BCUT2D eigenvalue weighted by Crippen LogP contribution is -2.25. The van der Waals surface area contributed by atoms with Crippen molar-refractivity contribution in [1.29, 1.82) is 0 Å². The van der Waals surface area contributed by atoms with Gasteiger partial charge < -0.3 is 0 Å². The number of hydroxylamine groups is 2. The maximum absolute atomic E-state index is 11.3. The van der Waals surface area contributed by atoms with E-state index in [0.717, 1.165) is 6.20 Å². The van der Waals surface area contributed by atoms with Crippen molar-refractivity contribution in [3.63, 3.8) is 0 Å². The van der Waals surface area contributed by atoms with E-state index in [1.807, 2.05) is 0 Å². The van der Waals surface area contributed by atoms with Crippen LogP contribution in [0.2, 0.25) is 0 Å². The molecule has 0 spiro atoms. The van der Waals surface area contributed by atoms with E-state index in [1.165, 1.54) is 6.08 Å². The molecule has 0 fully saturated rings. The van der Waals surface area contributed by atoms with Crippen LogP contribution in [0.15, 0.2) is 12.3 Å². The van der Waals surface area contributed by atoms with Gasteiger partial charge in [-0.2, -0.15) is 0 Å². The summed E-state index contributed by atoms with van der Waals surface area (Å²) in [6.07, 6.45) is -2.24. The molecule has 0 saturated heterocycles. The molecule has 0 aromatic rings. The zero-order chi connectivity index (χ0) is 7.61. The fourth-order valence-electron chi connectivity index (χ4n) is 0.447. The van der Waals surface area contributed by atoms with Gasteiger partial charge in [0.2, 0.25) is 0 Å². The van der Waals surface area contributed by atoms with Gasteiger partial charge in [-0.25, -0.2) is 4.84 Å². The van der Waals surface area contributed by atoms with Gasteiger partial charge in [0.05, 0.1) is 12.8 Å². The molecule has 0 N–H and O–H groups in total. The first-order valence-electron chi connectivity index (χ1n) is 2.42. The van der Waals surface area contributed by atoms with E-state index in [9.17, 15) is 13.2 Å². The molecule has 0 atom stereocenters. The number of rotatable bonds is 1. The Labute approximate surface area is 54.5 Å². The number of alkyl halides is 3. The van der Waals surface area contributed by atoms with Crippen molar-refractivity contribution in [2.75, 3.05) is 6.61 Å². The van der Waals surface area contributed by atoms with Crippen molar-refractivity contribution >= 4 is 0 Å². The van der Waals surface area contributed by atoms with Gasteiger partial charge in [0.25, 0.3) is 0 Å². The molecule has 6 heteroatoms. The van der Waals surface area contributed by atoms with Crippen molar-refractivity contribution in [2.24, 2.45) is 0 Å². The molecule has 3 nitrogen and oxygen atoms in total. The summed E-state index contributed by atoms with van der Waals surface area (Å²) in [5, 5.41) is 0.264. The zero-order valence-corrected chi connectivity index (χ0v) is 4.76. The second kappa shape index (κ2) is 2.47. The summed E-state index contributed by atoms with van der Waals surface area (Å²) in [6.45, 7) is 0.107. The highest BCUT2D eigenvalue weighted by atomic mass is 19.4. The molecule has 0 unspecified atom stereocenters. The molecule has 1 heterocycles. The van der Waals surface area contributed by atoms with Gasteiger partial charge in [-0.1, -0.05) is 0 Å². The zero-order valence-electron chi connectivity index (χ0n) is 4.76. The lowest BCUT2D eigenvalue weighted by molar-refractivity contribution is -0.472. The first-order chi connectivity index (χ1) is 4.58. The molecule has 1 rings (SSSR count). The van der Waals surface area contributed by atoms with Crippen molar-refractivity contribution in [3.8, 4) is 0 Å². The van der Waals surface area contributed by atoms with Gasteiger partial charge in [-0.15, -0.1) is 23.2 Å². The highest BCUT2D eigenvalue weighted by Gasteiger charge is 2.33. The van der Waals surface area contributed by atoms with Crippen LogP contribution < -0.4 is 0 Å². The lowest BCUT2D eigenvalue weighted by Gasteiger charge is -2.14. The summed E-state index contributed by atoms with van der Waals surface area (Å²) in [4.78, 5) is 7.63. The molecule has 58 valence electrons. The Morgan fingerprint density at radius 1 is 1.50 bits per heavy atom. The maximum Gasteiger partial charge on any atom is 0.545 e. The van der Waals surface area contributed by atoms with Crippen molar-refractivity contribution in [1.82, 2.24) is 5.23 Å². The van der Waals surface area contributed by atoms with E-state index in [0.29, 0.717) is 0 Å². The minimum absolute atomic E-state index is 0.107. The summed E-state index contributed by atoms with van der Waals surface area (Å²) in [7, 11) is 0. The van der Waals surface area contributed by atoms with E-state index in [-0.39, 0.29) is 11.8 Å². The van der Waals surface area contributed by atoms with Crippen LogP contribution in [0.5, 0.6) is 0 Å². The van der Waals surface area contributed by atoms with Crippen molar-refractivity contribution in [2.45, 2.75) is 6.36 Å². The van der Waals surface area contributed by atoms with Crippen molar-refractivity contribution < 1.29 is 22.8 Å². The fraction of sp³-hybridized carbons (Fsp3) is 0.500. The molecule has 0 saturated carbocycles. The highest BCUT2D eigenvalue weighted by molar-refractivity contribution is 4.80. The molecule has 0 aromatic heterocycles. The Bertz CT molecular complexity index is 144. The van der Waals surface area contributed by atoms with Gasteiger partial charge in [-0.3, -0.25) is 0 Å². The van der Waals surface area contributed by atoms with E-state index in [2.05, 4.69) is 9.68 Å². The lowest BCUT2D eigenvalue weighted by atomic mass is 10.7. The van der Waals surface area contributed by atoms with Crippen LogP contribution in [0.1, 0.15) is 0 Å². The van der Waals surface area contributed by atoms with Gasteiger partial charge in [0.15, 0.2) is 0 Å². The molecule has 0 aromatic carbocycles. The number of nitrogens with zero attached hydrogens (tertiary/aromatic N) is 1. The Hall–Kier alpha value is -0.750. The third-order valence-corrected chi connectivity index (χ3v) is 0.719. The second-order valence-electron chi connectivity index (χ2n) is 1.50. The molecule has 0 radical (unpaired) electrons. The molecule has 0 bridgehead atoms. The SMILES string of the molecule is FC(F)(F)ON1C=CCO1. The Balaban J connectivity index is 2.31. The van der Waals surface area contributed by atoms with Crippen LogP contribution in [0.25, 0.3) is 0 Å². The van der Waals surface area contributed by atoms with Gasteiger partial charge in [0.1, 0.15) is 0 Å². The number of hydrogen-bond donors (Lipinski definition) is 0. The standard InChI is InChI=1S/C4H4F3NO2/c5-4(6,7)10-8-2-1-3-9-8/h1-2H,3H2. The van der Waals surface area contributed by atoms with Crippen LogP contribution in [0.3, 0.4) is 0 Å². The molecule has 1 aliphatic rings. The highest BCUT2D eigenvalue weighted by Crippen LogP contribution is 2.19. The smallest absolute Gasteiger partial charge is 0.245 e. The Morgan fingerprint density at radius 2 is 2.20 bits per heavy atom. The van der Waals surface area contributed by atoms with Crippen LogP contribution >= 0.6 is 0 Å². The predicted octanol–water partition coefficient (Wildman–Crippen LogP) is 1.20. The van der Waals surface area contributed by atoms with Crippen LogP contribution in [-0.4, -0.2) is 18.2 Å². The van der Waals surface area contributed by atoms with E-state index >= 15 is 0 Å². The monoisotopic (exact) mass is 155 g/mol. The molecular formula is C4H4F3NO2. The van der Waals surface area contributed by atoms with Crippen LogP contribution in [0.4, 0.5) is 13.2 Å². The summed E-state index contributed by atoms with van der Waals surface area (Å²) in [5.41, 5.74) is 0. The predicted molar refractivity (Wildman–Crippen MR) is 24.1 cm³/mol. The summed E-state index contributed by atoms with van der Waals surface area (Å²) in [5.74, 6) is 0. The minimum Gasteiger partial charge on any atom is -0.245 e. The van der Waals surface area contributed by atoms with E-state index in [4.69, 9.17) is 0 Å². The van der Waals surface area contributed by atoms with Crippen LogP contribution in [0, 0.1) is 0 Å². The average Bonchev–Trinajstić information content (AvgIpc) is 2.12. The molecule has 0 aliphatic carbocycles. The van der Waals surface area contributed by atoms with Gasteiger partial charge >= 0.3 is 6.36 Å². The molecule has 1 aliphatic heterocycles. The molecule has 0 amide bonds. The summed E-state index contributed by atoms with van der Waals surface area (Å²) < 4.78 is 34.0. The van der Waals surface area contributed by atoms with Crippen LogP contribution in [-0.2, 0) is 9.68 Å². The van der Waals surface area contributed by atoms with E-state index in [1.54, 1.807) is 0 Å². The van der Waals surface area contributed by atoms with E-state index < -0.39 is 6.36 Å². The largest absolute Gasteiger partial charge is 0.545 e. The topological polar surface area (TPSA) is 21.7 Å². The quantitative estimate of drug-likeness (QED) is 0.567. The van der Waals surface area contributed by atoms with Gasteiger partial charge in [-0.05, 0) is 6.08 Å². The third kappa shape index (κ3) is 2.24. The van der Waals surface area contributed by atoms with Gasteiger partial charge in [0, 0.05) is 0 Å². The fourth-order valence-corrected chi connectivity index (χ4v) is 0.447. The summed E-state index contributed by atoms with van der Waals surface area (Å²) in [6, 6.07) is 0.